The summed E-state index contributed by atoms with van der Waals surface area (Å²) in [5.74, 6) is 0.357. The molecular formula is C9H8F2N2O. The molecule has 3 nitrogen and oxygen atoms in total. The maximum Gasteiger partial charge on any atom is 0.280 e. The summed E-state index contributed by atoms with van der Waals surface area (Å²) in [4.78, 5) is 3.64. The number of nitrogens with zero attached hydrogens (tertiary/aromatic N) is 2. The largest absolute Gasteiger partial charge is 0.495 e. The van der Waals surface area contributed by atoms with Gasteiger partial charge in [-0.2, -0.15) is 5.26 Å². The summed E-state index contributed by atoms with van der Waals surface area (Å²) in [6.07, 6.45) is -2.66. The van der Waals surface area contributed by atoms with E-state index < -0.39 is 6.43 Å². The first kappa shape index (κ1) is 10.4. The number of pyridine rings is 1. The van der Waals surface area contributed by atoms with Gasteiger partial charge in [-0.25, -0.2) is 13.8 Å². The number of aromatic nitrogens is 1. The number of hydrogen-bond acceptors (Lipinski definition) is 3. The molecule has 0 saturated carbocycles. The number of rotatable bonds is 3. The summed E-state index contributed by atoms with van der Waals surface area (Å²) < 4.78 is 29.3. The van der Waals surface area contributed by atoms with Crippen LogP contribution < -0.4 is 4.74 Å². The highest BCUT2D eigenvalue weighted by atomic mass is 19.3. The molecular weight excluding hydrogens is 190 g/mol. The van der Waals surface area contributed by atoms with E-state index in [2.05, 4.69) is 4.98 Å². The molecule has 0 saturated heterocycles. The molecule has 0 fully saturated rings. The molecule has 1 aromatic rings. The second kappa shape index (κ2) is 4.51. The fourth-order valence-corrected chi connectivity index (χ4v) is 1.01. The number of alkyl halides is 2. The lowest BCUT2D eigenvalue weighted by atomic mass is 10.2. The number of methoxy groups -OCH3 is 1. The minimum absolute atomic E-state index is 0.0380. The second-order valence-corrected chi connectivity index (χ2v) is 2.52. The Bertz CT molecular complexity index is 360. The van der Waals surface area contributed by atoms with Crippen LogP contribution in [0.2, 0.25) is 0 Å². The van der Waals surface area contributed by atoms with E-state index in [0.717, 1.165) is 0 Å². The van der Waals surface area contributed by atoms with Gasteiger partial charge in [-0.05, 0) is 12.1 Å². The van der Waals surface area contributed by atoms with Gasteiger partial charge in [0, 0.05) is 0 Å². The highest BCUT2D eigenvalue weighted by Gasteiger charge is 2.12. The van der Waals surface area contributed by atoms with E-state index >= 15 is 0 Å². The molecule has 0 spiro atoms. The molecule has 1 aromatic heterocycles. The molecule has 5 heteroatoms. The van der Waals surface area contributed by atoms with E-state index in [0.29, 0.717) is 5.75 Å². The third kappa shape index (κ3) is 2.16. The average Bonchev–Trinajstić information content (AvgIpc) is 2.18. The van der Waals surface area contributed by atoms with Gasteiger partial charge < -0.3 is 4.74 Å². The zero-order valence-corrected chi connectivity index (χ0v) is 7.50. The van der Waals surface area contributed by atoms with Crippen LogP contribution in [0, 0.1) is 11.3 Å². The first-order valence-corrected chi connectivity index (χ1v) is 3.88. The molecule has 1 heterocycles. The molecule has 14 heavy (non-hydrogen) atoms. The molecule has 0 N–H and O–H groups in total. The van der Waals surface area contributed by atoms with Crippen LogP contribution in [0.15, 0.2) is 12.1 Å². The lowest BCUT2D eigenvalue weighted by Gasteiger charge is -2.06. The summed E-state index contributed by atoms with van der Waals surface area (Å²) in [5.41, 5.74) is -0.0937. The monoisotopic (exact) mass is 198 g/mol. The van der Waals surface area contributed by atoms with Crippen molar-refractivity contribution in [3.05, 3.63) is 23.5 Å². The van der Waals surface area contributed by atoms with Gasteiger partial charge >= 0.3 is 0 Å². The molecule has 0 amide bonds. The van der Waals surface area contributed by atoms with Gasteiger partial charge in [0.25, 0.3) is 6.43 Å². The first-order valence-electron chi connectivity index (χ1n) is 3.88. The van der Waals surface area contributed by atoms with Gasteiger partial charge in [0.1, 0.15) is 11.4 Å². The lowest BCUT2D eigenvalue weighted by Crippen LogP contribution is -1.99. The zero-order chi connectivity index (χ0) is 10.6. The van der Waals surface area contributed by atoms with Crippen LogP contribution in [-0.4, -0.2) is 12.1 Å². The van der Waals surface area contributed by atoms with E-state index in [4.69, 9.17) is 10.00 Å². The van der Waals surface area contributed by atoms with E-state index in [-0.39, 0.29) is 17.8 Å². The van der Waals surface area contributed by atoms with Gasteiger partial charge in [0.2, 0.25) is 0 Å². The Balaban J connectivity index is 3.08. The highest BCUT2D eigenvalue weighted by Crippen LogP contribution is 2.22. The quantitative estimate of drug-likeness (QED) is 0.747. The van der Waals surface area contributed by atoms with E-state index in [1.54, 1.807) is 0 Å². The summed E-state index contributed by atoms with van der Waals surface area (Å²) in [6, 6.07) is 4.41. The van der Waals surface area contributed by atoms with Crippen molar-refractivity contribution < 1.29 is 13.5 Å². The Kier molecular flexibility index (Phi) is 3.35. The third-order valence-corrected chi connectivity index (χ3v) is 1.64. The maximum atomic E-state index is 12.2. The second-order valence-electron chi connectivity index (χ2n) is 2.52. The Morgan fingerprint density at radius 3 is 2.79 bits per heavy atom. The van der Waals surface area contributed by atoms with Gasteiger partial charge in [-0.15, -0.1) is 0 Å². The number of hydrogen-bond donors (Lipinski definition) is 0. The van der Waals surface area contributed by atoms with Crippen molar-refractivity contribution in [1.29, 1.82) is 5.26 Å². The predicted molar refractivity (Wildman–Crippen MR) is 45.1 cm³/mol. The number of ether oxygens (including phenoxy) is 1. The van der Waals surface area contributed by atoms with Gasteiger partial charge in [-0.3, -0.25) is 0 Å². The molecule has 0 radical (unpaired) electrons. The Hall–Kier alpha value is -1.70. The average molecular weight is 198 g/mol. The minimum atomic E-state index is -2.63. The molecule has 0 aliphatic rings. The van der Waals surface area contributed by atoms with Crippen molar-refractivity contribution >= 4 is 0 Å². The Morgan fingerprint density at radius 2 is 2.29 bits per heavy atom. The van der Waals surface area contributed by atoms with Crippen molar-refractivity contribution in [2.24, 2.45) is 0 Å². The molecule has 74 valence electrons. The zero-order valence-electron chi connectivity index (χ0n) is 7.50. The Labute approximate surface area is 79.9 Å². The van der Waals surface area contributed by atoms with Crippen molar-refractivity contribution in [2.45, 2.75) is 12.8 Å². The molecule has 0 aromatic carbocycles. The van der Waals surface area contributed by atoms with Crippen molar-refractivity contribution in [3.63, 3.8) is 0 Å². The standard InChI is InChI=1S/C9H8F2N2O/c1-14-8-3-2-7(9(10)11)13-6(8)4-5-12/h2-3,9H,4H2,1H3. The van der Waals surface area contributed by atoms with E-state index in [9.17, 15) is 8.78 Å². The molecule has 0 atom stereocenters. The van der Waals surface area contributed by atoms with Crippen molar-refractivity contribution in [1.82, 2.24) is 4.98 Å². The van der Waals surface area contributed by atoms with E-state index in [1.807, 2.05) is 6.07 Å². The number of nitriles is 1. The van der Waals surface area contributed by atoms with Gasteiger partial charge in [0.05, 0.1) is 25.3 Å². The summed E-state index contributed by atoms with van der Waals surface area (Å²) in [6.45, 7) is 0. The smallest absolute Gasteiger partial charge is 0.280 e. The Morgan fingerprint density at radius 1 is 1.57 bits per heavy atom. The predicted octanol–water partition coefficient (Wildman–Crippen LogP) is 2.09. The lowest BCUT2D eigenvalue weighted by molar-refractivity contribution is 0.145. The van der Waals surface area contributed by atoms with Crippen molar-refractivity contribution in [3.8, 4) is 11.8 Å². The molecule has 0 unspecified atom stereocenters. The topological polar surface area (TPSA) is 45.9 Å². The normalized spacial score (nSPS) is 9.93. The molecule has 1 rings (SSSR count). The fourth-order valence-electron chi connectivity index (χ4n) is 1.01. The van der Waals surface area contributed by atoms with E-state index in [1.165, 1.54) is 19.2 Å². The molecule has 0 aliphatic heterocycles. The molecule has 0 bridgehead atoms. The number of halogens is 2. The summed E-state index contributed by atoms with van der Waals surface area (Å²) in [5, 5.41) is 8.44. The maximum absolute atomic E-state index is 12.2. The van der Waals surface area contributed by atoms with Crippen molar-refractivity contribution in [2.75, 3.05) is 7.11 Å². The first-order chi connectivity index (χ1) is 6.69. The third-order valence-electron chi connectivity index (χ3n) is 1.64. The minimum Gasteiger partial charge on any atom is -0.495 e. The van der Waals surface area contributed by atoms with Crippen LogP contribution >= 0.6 is 0 Å². The SMILES string of the molecule is COc1ccc(C(F)F)nc1CC#N. The highest BCUT2D eigenvalue weighted by molar-refractivity contribution is 5.31. The summed E-state index contributed by atoms with van der Waals surface area (Å²) >= 11 is 0. The van der Waals surface area contributed by atoms with Crippen LogP contribution in [0.3, 0.4) is 0 Å². The van der Waals surface area contributed by atoms with Gasteiger partial charge in [0.15, 0.2) is 0 Å². The summed E-state index contributed by atoms with van der Waals surface area (Å²) in [7, 11) is 1.40. The van der Waals surface area contributed by atoms with Crippen LogP contribution in [-0.2, 0) is 6.42 Å². The van der Waals surface area contributed by atoms with Crippen LogP contribution in [0.5, 0.6) is 5.75 Å². The fraction of sp³-hybridized carbons (Fsp3) is 0.333. The van der Waals surface area contributed by atoms with Crippen LogP contribution in [0.1, 0.15) is 17.8 Å². The van der Waals surface area contributed by atoms with Crippen LogP contribution in [0.25, 0.3) is 0 Å². The van der Waals surface area contributed by atoms with Crippen LogP contribution in [0.4, 0.5) is 8.78 Å². The molecule has 0 aliphatic carbocycles. The van der Waals surface area contributed by atoms with Gasteiger partial charge in [-0.1, -0.05) is 0 Å².